The number of phenols is 1. The number of aryl methyl sites for hydroxylation is 1. The van der Waals surface area contributed by atoms with Crippen LogP contribution in [0.1, 0.15) is 11.1 Å². The van der Waals surface area contributed by atoms with Crippen molar-refractivity contribution in [1.29, 1.82) is 0 Å². The lowest BCUT2D eigenvalue weighted by atomic mass is 10.2. The van der Waals surface area contributed by atoms with Gasteiger partial charge < -0.3 is 9.84 Å². The molecule has 33 heavy (non-hydrogen) atoms. The third-order valence-electron chi connectivity index (χ3n) is 4.65. The molecule has 8 nitrogen and oxygen atoms in total. The zero-order valence-electron chi connectivity index (χ0n) is 17.9. The maximum atomic E-state index is 13.4. The first-order chi connectivity index (χ1) is 15.7. The van der Waals surface area contributed by atoms with Gasteiger partial charge in [-0.1, -0.05) is 23.8 Å². The van der Waals surface area contributed by atoms with Gasteiger partial charge in [-0.15, -0.1) is 0 Å². The highest BCUT2D eigenvalue weighted by atomic mass is 32.2. The predicted molar refractivity (Wildman–Crippen MR) is 123 cm³/mol. The largest absolute Gasteiger partial charge is 0.504 e. The maximum absolute atomic E-state index is 13.4. The Morgan fingerprint density at radius 2 is 1.79 bits per heavy atom. The molecule has 0 atom stereocenters. The van der Waals surface area contributed by atoms with Gasteiger partial charge in [-0.25, -0.2) is 18.2 Å². The third-order valence-corrected chi connectivity index (χ3v) is 6.44. The Bertz CT molecular complexity index is 1260. The monoisotopic (exact) mass is 471 g/mol. The van der Waals surface area contributed by atoms with E-state index in [1.54, 1.807) is 30.3 Å². The normalized spacial score (nSPS) is 11.4. The van der Waals surface area contributed by atoms with E-state index in [0.717, 1.165) is 22.0 Å². The molecule has 0 heterocycles. The number of carbonyl (C=O) groups is 1. The second-order valence-electron chi connectivity index (χ2n) is 6.99. The molecule has 0 saturated carbocycles. The molecule has 10 heteroatoms. The summed E-state index contributed by atoms with van der Waals surface area (Å²) in [6.07, 6.45) is 1.20. The second-order valence-corrected chi connectivity index (χ2v) is 8.85. The van der Waals surface area contributed by atoms with Crippen molar-refractivity contribution in [2.45, 2.75) is 11.8 Å². The number of anilines is 1. The molecule has 3 rings (SSSR count). The molecule has 0 saturated heterocycles. The van der Waals surface area contributed by atoms with Crippen molar-refractivity contribution >= 4 is 27.8 Å². The van der Waals surface area contributed by atoms with E-state index in [4.69, 9.17) is 4.74 Å². The maximum Gasteiger partial charge on any atom is 0.264 e. The predicted octanol–water partition coefficient (Wildman–Crippen LogP) is 3.19. The number of ether oxygens (including phenoxy) is 1. The molecular formula is C23H22FN3O5S. The molecule has 172 valence electrons. The SMILES string of the molecule is COc1cccc(/C=N\NC(=O)CN(c2ccc(F)cc2)S(=O)(=O)c2ccc(C)cc2)c1O. The topological polar surface area (TPSA) is 108 Å². The van der Waals surface area contributed by atoms with Crippen LogP contribution in [0.2, 0.25) is 0 Å². The minimum Gasteiger partial charge on any atom is -0.504 e. The van der Waals surface area contributed by atoms with E-state index in [-0.39, 0.29) is 27.6 Å². The number of hydrogen-bond donors (Lipinski definition) is 2. The van der Waals surface area contributed by atoms with Gasteiger partial charge in [0.1, 0.15) is 12.4 Å². The summed E-state index contributed by atoms with van der Waals surface area (Å²) in [4.78, 5) is 12.5. The molecule has 3 aromatic rings. The van der Waals surface area contributed by atoms with Crippen molar-refractivity contribution in [2.75, 3.05) is 18.0 Å². The molecule has 0 unspecified atom stereocenters. The quantitative estimate of drug-likeness (QED) is 0.388. The van der Waals surface area contributed by atoms with Gasteiger partial charge in [0.25, 0.3) is 15.9 Å². The number of aromatic hydroxyl groups is 1. The van der Waals surface area contributed by atoms with Crippen LogP contribution in [0.25, 0.3) is 0 Å². The Morgan fingerprint density at radius 3 is 2.42 bits per heavy atom. The molecule has 1 amide bonds. The number of sulfonamides is 1. The number of nitrogens with one attached hydrogen (secondary N) is 1. The zero-order chi connectivity index (χ0) is 24.0. The van der Waals surface area contributed by atoms with Crippen molar-refractivity contribution in [3.05, 3.63) is 83.7 Å². The number of halogens is 1. The van der Waals surface area contributed by atoms with Crippen LogP contribution in [0.5, 0.6) is 11.5 Å². The number of amides is 1. The Morgan fingerprint density at radius 1 is 1.12 bits per heavy atom. The Labute approximate surface area is 191 Å². The van der Waals surface area contributed by atoms with Crippen LogP contribution in [-0.2, 0) is 14.8 Å². The fraction of sp³-hybridized carbons (Fsp3) is 0.130. The number of hydrazone groups is 1. The van der Waals surface area contributed by atoms with Crippen LogP contribution >= 0.6 is 0 Å². The lowest BCUT2D eigenvalue weighted by Gasteiger charge is -2.23. The number of nitrogens with zero attached hydrogens (tertiary/aromatic N) is 2. The van der Waals surface area contributed by atoms with Gasteiger partial charge in [0.05, 0.1) is 23.9 Å². The summed E-state index contributed by atoms with van der Waals surface area (Å²) < 4.78 is 45.8. The van der Waals surface area contributed by atoms with E-state index in [0.29, 0.717) is 0 Å². The average Bonchev–Trinajstić information content (AvgIpc) is 2.79. The standard InChI is InChI=1S/C23H22FN3O5S/c1-16-6-12-20(13-7-16)33(30,31)27(19-10-8-18(24)9-11-19)15-22(28)26-25-14-17-4-3-5-21(32-2)23(17)29/h3-14,29H,15H2,1-2H3,(H,26,28)/b25-14-. The van der Waals surface area contributed by atoms with E-state index in [9.17, 15) is 22.7 Å². The number of para-hydroxylation sites is 1. The second kappa shape index (κ2) is 10.1. The molecule has 0 fully saturated rings. The number of hydrogen-bond acceptors (Lipinski definition) is 6. The first-order valence-electron chi connectivity index (χ1n) is 9.75. The minimum atomic E-state index is -4.13. The van der Waals surface area contributed by atoms with Crippen molar-refractivity contribution < 1.29 is 27.4 Å². The van der Waals surface area contributed by atoms with Gasteiger partial charge >= 0.3 is 0 Å². The number of methoxy groups -OCH3 is 1. The summed E-state index contributed by atoms with van der Waals surface area (Å²) in [6.45, 7) is 1.21. The van der Waals surface area contributed by atoms with Crippen LogP contribution in [0, 0.1) is 12.7 Å². The van der Waals surface area contributed by atoms with Crippen molar-refractivity contribution in [1.82, 2.24) is 5.43 Å². The molecular weight excluding hydrogens is 449 g/mol. The first-order valence-corrected chi connectivity index (χ1v) is 11.2. The number of rotatable bonds is 8. The smallest absolute Gasteiger partial charge is 0.264 e. The summed E-state index contributed by atoms with van der Waals surface area (Å²) in [5.74, 6) is -1.21. The molecule has 0 spiro atoms. The van der Waals surface area contributed by atoms with Crippen molar-refractivity contribution in [2.24, 2.45) is 5.10 Å². The summed E-state index contributed by atoms with van der Waals surface area (Å²) >= 11 is 0. The zero-order valence-corrected chi connectivity index (χ0v) is 18.7. The Balaban J connectivity index is 1.84. The van der Waals surface area contributed by atoms with Gasteiger partial charge in [-0.05, 0) is 55.5 Å². The highest BCUT2D eigenvalue weighted by molar-refractivity contribution is 7.92. The summed E-state index contributed by atoms with van der Waals surface area (Å²) in [6, 6.07) is 15.6. The molecule has 0 aliphatic rings. The van der Waals surface area contributed by atoms with Crippen LogP contribution < -0.4 is 14.5 Å². The Kier molecular flexibility index (Phi) is 7.29. The van der Waals surface area contributed by atoms with Crippen molar-refractivity contribution in [3.8, 4) is 11.5 Å². The molecule has 0 aliphatic carbocycles. The molecule has 0 radical (unpaired) electrons. The fourth-order valence-electron chi connectivity index (χ4n) is 2.91. The van der Waals surface area contributed by atoms with Crippen LogP contribution in [-0.4, -0.2) is 39.3 Å². The van der Waals surface area contributed by atoms with Gasteiger partial charge in [0.2, 0.25) is 0 Å². The van der Waals surface area contributed by atoms with E-state index in [2.05, 4.69) is 10.5 Å². The van der Waals surface area contributed by atoms with E-state index >= 15 is 0 Å². The number of benzene rings is 3. The fourth-order valence-corrected chi connectivity index (χ4v) is 4.33. The summed E-state index contributed by atoms with van der Waals surface area (Å²) in [5, 5.41) is 13.9. The first kappa shape index (κ1) is 23.7. The van der Waals surface area contributed by atoms with E-state index in [1.165, 1.54) is 37.6 Å². The van der Waals surface area contributed by atoms with Gasteiger partial charge in [0, 0.05) is 5.56 Å². The summed E-state index contributed by atoms with van der Waals surface area (Å²) in [7, 11) is -2.73. The highest BCUT2D eigenvalue weighted by Gasteiger charge is 2.27. The molecule has 0 bridgehead atoms. The van der Waals surface area contributed by atoms with Crippen molar-refractivity contribution in [3.63, 3.8) is 0 Å². The van der Waals surface area contributed by atoms with Crippen LogP contribution in [0.15, 0.2) is 76.7 Å². The minimum absolute atomic E-state index is 0.0185. The molecule has 0 aliphatic heterocycles. The highest BCUT2D eigenvalue weighted by Crippen LogP contribution is 2.28. The van der Waals surface area contributed by atoms with E-state index < -0.39 is 28.3 Å². The molecule has 0 aromatic heterocycles. The lowest BCUT2D eigenvalue weighted by molar-refractivity contribution is -0.119. The molecule has 2 N–H and O–H groups in total. The summed E-state index contributed by atoms with van der Waals surface area (Å²) in [5.41, 5.74) is 3.51. The Hall–Kier alpha value is -3.92. The van der Waals surface area contributed by atoms with Crippen LogP contribution in [0.3, 0.4) is 0 Å². The third kappa shape index (κ3) is 5.66. The number of carbonyl (C=O) groups excluding carboxylic acids is 1. The average molecular weight is 472 g/mol. The van der Waals surface area contributed by atoms with Gasteiger partial charge in [0.15, 0.2) is 11.5 Å². The number of phenolic OH excluding ortho intramolecular Hbond substituents is 1. The van der Waals surface area contributed by atoms with Gasteiger partial charge in [-0.3, -0.25) is 9.10 Å². The van der Waals surface area contributed by atoms with Gasteiger partial charge in [-0.2, -0.15) is 5.10 Å². The van der Waals surface area contributed by atoms with E-state index in [1.807, 2.05) is 6.92 Å². The lowest BCUT2D eigenvalue weighted by Crippen LogP contribution is -2.39. The van der Waals surface area contributed by atoms with Crippen LogP contribution in [0.4, 0.5) is 10.1 Å². The molecule has 3 aromatic carbocycles.